The van der Waals surface area contributed by atoms with E-state index in [1.54, 1.807) is 6.07 Å². The molecule has 0 aromatic heterocycles. The molecular formula is C27H37N3O4. The number of amides is 2. The maximum atomic E-state index is 13.1. The SMILES string of the molecule is CCOCCCNC(=O)c1cc(NC(=O)COCc2ccccc2)ccc1N1CCC(C)CC1. The number of piperidine rings is 1. The lowest BCUT2D eigenvalue weighted by Gasteiger charge is -2.33. The Bertz CT molecular complexity index is 911. The lowest BCUT2D eigenvalue weighted by atomic mass is 9.97. The Labute approximate surface area is 202 Å². The van der Waals surface area contributed by atoms with Crippen LogP contribution >= 0.6 is 0 Å². The summed E-state index contributed by atoms with van der Waals surface area (Å²) in [5.41, 5.74) is 3.09. The van der Waals surface area contributed by atoms with Gasteiger partial charge in [0.1, 0.15) is 6.61 Å². The van der Waals surface area contributed by atoms with Gasteiger partial charge in [0.25, 0.3) is 5.91 Å². The molecule has 7 nitrogen and oxygen atoms in total. The normalized spacial score (nSPS) is 14.1. The van der Waals surface area contributed by atoms with Gasteiger partial charge in [-0.15, -0.1) is 0 Å². The highest BCUT2D eigenvalue weighted by Crippen LogP contribution is 2.28. The first-order chi connectivity index (χ1) is 16.6. The molecule has 1 fully saturated rings. The zero-order valence-electron chi connectivity index (χ0n) is 20.3. The fraction of sp³-hybridized carbons (Fsp3) is 0.481. The van der Waals surface area contributed by atoms with Gasteiger partial charge in [0.2, 0.25) is 5.91 Å². The molecule has 3 rings (SSSR count). The van der Waals surface area contributed by atoms with E-state index < -0.39 is 0 Å². The highest BCUT2D eigenvalue weighted by molar-refractivity contribution is 6.02. The summed E-state index contributed by atoms with van der Waals surface area (Å²) in [5.74, 6) is 0.307. The van der Waals surface area contributed by atoms with Gasteiger partial charge < -0.3 is 25.0 Å². The molecule has 34 heavy (non-hydrogen) atoms. The van der Waals surface area contributed by atoms with Crippen molar-refractivity contribution in [3.05, 3.63) is 59.7 Å². The first-order valence-corrected chi connectivity index (χ1v) is 12.2. The average Bonchev–Trinajstić information content (AvgIpc) is 2.85. The highest BCUT2D eigenvalue weighted by Gasteiger charge is 2.22. The van der Waals surface area contributed by atoms with E-state index in [1.807, 2.05) is 49.4 Å². The predicted octanol–water partition coefficient (Wildman–Crippen LogP) is 4.23. The Morgan fingerprint density at radius 3 is 2.56 bits per heavy atom. The Kier molecular flexibility index (Phi) is 10.4. The van der Waals surface area contributed by atoms with Crippen molar-refractivity contribution in [3.63, 3.8) is 0 Å². The van der Waals surface area contributed by atoms with Crippen LogP contribution < -0.4 is 15.5 Å². The largest absolute Gasteiger partial charge is 0.382 e. The van der Waals surface area contributed by atoms with Crippen LogP contribution in [0, 0.1) is 5.92 Å². The van der Waals surface area contributed by atoms with E-state index in [9.17, 15) is 9.59 Å². The van der Waals surface area contributed by atoms with Gasteiger partial charge in [0.15, 0.2) is 0 Å². The van der Waals surface area contributed by atoms with Gasteiger partial charge in [0, 0.05) is 44.2 Å². The monoisotopic (exact) mass is 467 g/mol. The Morgan fingerprint density at radius 2 is 1.82 bits per heavy atom. The van der Waals surface area contributed by atoms with Gasteiger partial charge >= 0.3 is 0 Å². The number of carbonyl (C=O) groups excluding carboxylic acids is 2. The molecule has 1 heterocycles. The molecule has 1 aliphatic heterocycles. The lowest BCUT2D eigenvalue weighted by molar-refractivity contribution is -0.121. The molecule has 2 amide bonds. The number of nitrogens with one attached hydrogen (secondary N) is 2. The van der Waals surface area contributed by atoms with Crippen molar-refractivity contribution in [3.8, 4) is 0 Å². The molecule has 0 bridgehead atoms. The molecule has 0 aliphatic carbocycles. The summed E-state index contributed by atoms with van der Waals surface area (Å²) < 4.78 is 10.9. The zero-order chi connectivity index (χ0) is 24.2. The van der Waals surface area contributed by atoms with Gasteiger partial charge in [-0.05, 0) is 55.9 Å². The summed E-state index contributed by atoms with van der Waals surface area (Å²) in [7, 11) is 0. The van der Waals surface area contributed by atoms with Crippen LogP contribution in [-0.2, 0) is 20.9 Å². The van der Waals surface area contributed by atoms with Crippen LogP contribution in [0.2, 0.25) is 0 Å². The molecule has 1 saturated heterocycles. The van der Waals surface area contributed by atoms with E-state index in [2.05, 4.69) is 22.5 Å². The van der Waals surface area contributed by atoms with Gasteiger partial charge in [-0.1, -0.05) is 37.3 Å². The molecule has 2 N–H and O–H groups in total. The molecule has 0 radical (unpaired) electrons. The number of nitrogens with zero attached hydrogens (tertiary/aromatic N) is 1. The lowest BCUT2D eigenvalue weighted by Crippen LogP contribution is -2.35. The third-order valence-electron chi connectivity index (χ3n) is 5.95. The minimum absolute atomic E-state index is 0.0559. The van der Waals surface area contributed by atoms with E-state index in [-0.39, 0.29) is 18.4 Å². The second-order valence-corrected chi connectivity index (χ2v) is 8.73. The maximum absolute atomic E-state index is 13.1. The summed E-state index contributed by atoms with van der Waals surface area (Å²) in [6.07, 6.45) is 2.96. The minimum atomic E-state index is -0.251. The fourth-order valence-corrected chi connectivity index (χ4v) is 3.97. The van der Waals surface area contributed by atoms with Crippen molar-refractivity contribution in [2.75, 3.05) is 49.7 Å². The zero-order valence-corrected chi connectivity index (χ0v) is 20.3. The molecule has 7 heteroatoms. The molecule has 2 aromatic rings. The number of hydrogen-bond donors (Lipinski definition) is 2. The summed E-state index contributed by atoms with van der Waals surface area (Å²) >= 11 is 0. The predicted molar refractivity (Wildman–Crippen MR) is 135 cm³/mol. The van der Waals surface area contributed by atoms with E-state index in [0.717, 1.165) is 43.6 Å². The number of rotatable bonds is 12. The third kappa shape index (κ3) is 8.15. The van der Waals surface area contributed by atoms with Gasteiger partial charge in [-0.3, -0.25) is 9.59 Å². The van der Waals surface area contributed by atoms with E-state index in [0.29, 0.717) is 43.5 Å². The number of carbonyl (C=O) groups is 2. The Balaban J connectivity index is 1.63. The van der Waals surface area contributed by atoms with E-state index in [4.69, 9.17) is 9.47 Å². The van der Waals surface area contributed by atoms with Gasteiger partial charge in [0.05, 0.1) is 12.2 Å². The molecule has 0 atom stereocenters. The molecular weight excluding hydrogens is 430 g/mol. The molecule has 0 saturated carbocycles. The van der Waals surface area contributed by atoms with Crippen LogP contribution in [0.4, 0.5) is 11.4 Å². The summed E-state index contributed by atoms with van der Waals surface area (Å²) in [5, 5.41) is 5.86. The first kappa shape index (κ1) is 25.7. The minimum Gasteiger partial charge on any atom is -0.382 e. The van der Waals surface area contributed by atoms with E-state index >= 15 is 0 Å². The average molecular weight is 468 g/mol. The second-order valence-electron chi connectivity index (χ2n) is 8.73. The number of benzene rings is 2. The van der Waals surface area contributed by atoms with Crippen molar-refractivity contribution in [2.24, 2.45) is 5.92 Å². The molecule has 1 aliphatic rings. The van der Waals surface area contributed by atoms with Gasteiger partial charge in [-0.2, -0.15) is 0 Å². The number of anilines is 2. The fourth-order valence-electron chi connectivity index (χ4n) is 3.97. The first-order valence-electron chi connectivity index (χ1n) is 12.2. The van der Waals surface area contributed by atoms with Crippen molar-refractivity contribution in [2.45, 2.75) is 39.7 Å². The van der Waals surface area contributed by atoms with Crippen LogP contribution in [0.15, 0.2) is 48.5 Å². The molecule has 0 spiro atoms. The Hall–Kier alpha value is -2.90. The van der Waals surface area contributed by atoms with Gasteiger partial charge in [-0.25, -0.2) is 0 Å². The van der Waals surface area contributed by atoms with Crippen molar-refractivity contribution < 1.29 is 19.1 Å². The quantitative estimate of drug-likeness (QED) is 0.457. The smallest absolute Gasteiger partial charge is 0.253 e. The van der Waals surface area contributed by atoms with Crippen LogP contribution in [0.25, 0.3) is 0 Å². The second kappa shape index (κ2) is 13.7. The van der Waals surface area contributed by atoms with Crippen LogP contribution in [0.5, 0.6) is 0 Å². The summed E-state index contributed by atoms with van der Waals surface area (Å²) in [6, 6.07) is 15.3. The number of hydrogen-bond acceptors (Lipinski definition) is 5. The maximum Gasteiger partial charge on any atom is 0.253 e. The van der Waals surface area contributed by atoms with Crippen LogP contribution in [0.3, 0.4) is 0 Å². The van der Waals surface area contributed by atoms with Crippen molar-refractivity contribution in [1.82, 2.24) is 5.32 Å². The van der Waals surface area contributed by atoms with Crippen molar-refractivity contribution in [1.29, 1.82) is 0 Å². The molecule has 0 unspecified atom stereocenters. The van der Waals surface area contributed by atoms with Crippen LogP contribution in [-0.4, -0.2) is 51.3 Å². The topological polar surface area (TPSA) is 79.9 Å². The van der Waals surface area contributed by atoms with Crippen LogP contribution in [0.1, 0.15) is 49.0 Å². The highest BCUT2D eigenvalue weighted by atomic mass is 16.5. The molecule has 2 aromatic carbocycles. The summed E-state index contributed by atoms with van der Waals surface area (Å²) in [4.78, 5) is 27.7. The third-order valence-corrected chi connectivity index (χ3v) is 5.95. The van der Waals surface area contributed by atoms with E-state index in [1.165, 1.54) is 0 Å². The van der Waals surface area contributed by atoms with Crippen molar-refractivity contribution >= 4 is 23.2 Å². The molecule has 184 valence electrons. The standard InChI is InChI=1S/C27H37N3O4/c1-3-33-17-7-14-28-27(32)24-18-23(10-11-25(24)30-15-12-21(2)13-16-30)29-26(31)20-34-19-22-8-5-4-6-9-22/h4-6,8-11,18,21H,3,7,12-17,19-20H2,1-2H3,(H,28,32)(H,29,31). The Morgan fingerprint density at radius 1 is 1.06 bits per heavy atom. The summed E-state index contributed by atoms with van der Waals surface area (Å²) in [6.45, 7) is 8.21. The number of ether oxygens (including phenoxy) is 2.